The zero-order valence-electron chi connectivity index (χ0n) is 7.23. The predicted molar refractivity (Wildman–Crippen MR) is 53.7 cm³/mol. The fraction of sp³-hybridized carbons (Fsp3) is 0.571. The highest BCUT2D eigenvalue weighted by molar-refractivity contribution is 8.00. The summed E-state index contributed by atoms with van der Waals surface area (Å²) in [6, 6.07) is 2.09. The van der Waals surface area contributed by atoms with Gasteiger partial charge in [-0.15, -0.1) is 0 Å². The maximum Gasteiger partial charge on any atom is 0.169 e. The van der Waals surface area contributed by atoms with Crippen molar-refractivity contribution in [1.82, 2.24) is 14.7 Å². The highest BCUT2D eigenvalue weighted by Gasteiger charge is 2.06. The number of nitrogens with one attached hydrogen (secondary N) is 1. The highest BCUT2D eigenvalue weighted by atomic mass is 32.2. The van der Waals surface area contributed by atoms with E-state index < -0.39 is 0 Å². The van der Waals surface area contributed by atoms with Gasteiger partial charge in [-0.25, -0.2) is 4.98 Å². The summed E-state index contributed by atoms with van der Waals surface area (Å²) in [5, 5.41) is 11.8. The van der Waals surface area contributed by atoms with Gasteiger partial charge in [-0.3, -0.25) is 0 Å². The quantitative estimate of drug-likeness (QED) is 0.744. The number of nitriles is 1. The van der Waals surface area contributed by atoms with Crippen LogP contribution in [0.15, 0.2) is 10.7 Å². The first-order valence-electron chi connectivity index (χ1n) is 3.89. The van der Waals surface area contributed by atoms with Crippen molar-refractivity contribution in [2.75, 3.05) is 12.3 Å². The molecule has 0 aliphatic rings. The normalized spacial score (nSPS) is 12.3. The third-order valence-corrected chi connectivity index (χ3v) is 3.21. The summed E-state index contributed by atoms with van der Waals surface area (Å²) in [6.45, 7) is 2.80. The van der Waals surface area contributed by atoms with E-state index in [0.717, 1.165) is 16.6 Å². The first-order chi connectivity index (χ1) is 6.36. The summed E-state index contributed by atoms with van der Waals surface area (Å²) < 4.78 is 4.79. The molecule has 1 heterocycles. The molecule has 0 amide bonds. The van der Waals surface area contributed by atoms with Gasteiger partial charge in [0.15, 0.2) is 4.34 Å². The van der Waals surface area contributed by atoms with Gasteiger partial charge in [0.05, 0.1) is 6.07 Å². The van der Waals surface area contributed by atoms with E-state index in [2.05, 4.69) is 20.7 Å². The zero-order chi connectivity index (χ0) is 9.52. The molecule has 0 spiro atoms. The van der Waals surface area contributed by atoms with E-state index in [-0.39, 0.29) is 6.04 Å². The number of aromatic nitrogens is 2. The van der Waals surface area contributed by atoms with Crippen molar-refractivity contribution >= 4 is 23.3 Å². The minimum Gasteiger partial charge on any atom is -0.302 e. The van der Waals surface area contributed by atoms with E-state index in [0.29, 0.717) is 0 Å². The molecule has 70 valence electrons. The first kappa shape index (κ1) is 10.4. The number of thioether (sulfide) groups is 1. The second kappa shape index (κ2) is 5.91. The van der Waals surface area contributed by atoms with Crippen molar-refractivity contribution in [3.63, 3.8) is 0 Å². The Morgan fingerprint density at radius 2 is 2.69 bits per heavy atom. The van der Waals surface area contributed by atoms with Crippen LogP contribution in [0.4, 0.5) is 0 Å². The molecule has 0 bridgehead atoms. The summed E-state index contributed by atoms with van der Waals surface area (Å²) in [4.78, 5) is 4.02. The molecule has 0 fully saturated rings. The number of nitrogens with zero attached hydrogens (tertiary/aromatic N) is 3. The molecule has 13 heavy (non-hydrogen) atoms. The summed E-state index contributed by atoms with van der Waals surface area (Å²) in [6.07, 6.45) is 1.53. The molecule has 1 rings (SSSR count). The Hall–Kier alpha value is -0.640. The van der Waals surface area contributed by atoms with E-state index in [1.807, 2.05) is 6.92 Å². The van der Waals surface area contributed by atoms with Crippen LogP contribution < -0.4 is 5.32 Å². The SMILES string of the molecule is CCNC(C#N)CSc1ncns1. The van der Waals surface area contributed by atoms with Crippen LogP contribution in [-0.4, -0.2) is 27.7 Å². The third-order valence-electron chi connectivity index (χ3n) is 1.32. The fourth-order valence-electron chi connectivity index (χ4n) is 0.769. The van der Waals surface area contributed by atoms with Crippen LogP contribution >= 0.6 is 23.3 Å². The van der Waals surface area contributed by atoms with Crippen molar-refractivity contribution in [2.45, 2.75) is 17.3 Å². The Labute approximate surface area is 85.5 Å². The first-order valence-corrected chi connectivity index (χ1v) is 5.65. The molecule has 0 aromatic carbocycles. The number of rotatable bonds is 5. The molecule has 0 saturated carbocycles. The van der Waals surface area contributed by atoms with Crippen molar-refractivity contribution in [3.8, 4) is 6.07 Å². The van der Waals surface area contributed by atoms with Gasteiger partial charge in [0.25, 0.3) is 0 Å². The van der Waals surface area contributed by atoms with E-state index in [9.17, 15) is 0 Å². The molecule has 0 aliphatic heterocycles. The van der Waals surface area contributed by atoms with Crippen molar-refractivity contribution < 1.29 is 0 Å². The van der Waals surface area contributed by atoms with Crippen LogP contribution in [0, 0.1) is 11.3 Å². The smallest absolute Gasteiger partial charge is 0.169 e. The maximum absolute atomic E-state index is 8.73. The largest absolute Gasteiger partial charge is 0.302 e. The molecule has 6 heteroatoms. The maximum atomic E-state index is 8.73. The lowest BCUT2D eigenvalue weighted by Crippen LogP contribution is -2.29. The second-order valence-corrected chi connectivity index (χ2v) is 4.30. The summed E-state index contributed by atoms with van der Waals surface area (Å²) in [7, 11) is 0. The molecule has 0 aliphatic carbocycles. The van der Waals surface area contributed by atoms with Crippen LogP contribution in [0.5, 0.6) is 0 Å². The van der Waals surface area contributed by atoms with Crippen LogP contribution in [0.25, 0.3) is 0 Å². The van der Waals surface area contributed by atoms with Crippen molar-refractivity contribution in [2.24, 2.45) is 0 Å². The van der Waals surface area contributed by atoms with Crippen LogP contribution in [-0.2, 0) is 0 Å². The third kappa shape index (κ3) is 3.72. The lowest BCUT2D eigenvalue weighted by molar-refractivity contribution is 0.677. The van der Waals surface area contributed by atoms with Gasteiger partial charge < -0.3 is 5.32 Å². The Morgan fingerprint density at radius 3 is 3.23 bits per heavy atom. The Kier molecular flexibility index (Phi) is 4.75. The molecule has 1 unspecified atom stereocenters. The molecular formula is C7H10N4S2. The van der Waals surface area contributed by atoms with Gasteiger partial charge in [0, 0.05) is 5.75 Å². The Morgan fingerprint density at radius 1 is 1.85 bits per heavy atom. The second-order valence-electron chi connectivity index (χ2n) is 2.26. The van der Waals surface area contributed by atoms with Gasteiger partial charge in [0.2, 0.25) is 0 Å². The van der Waals surface area contributed by atoms with E-state index in [1.54, 1.807) is 11.8 Å². The van der Waals surface area contributed by atoms with Crippen LogP contribution in [0.1, 0.15) is 6.92 Å². The molecular weight excluding hydrogens is 204 g/mol. The summed E-state index contributed by atoms with van der Waals surface area (Å²) in [5.41, 5.74) is 0. The van der Waals surface area contributed by atoms with E-state index >= 15 is 0 Å². The lowest BCUT2D eigenvalue weighted by atomic mass is 10.4. The minimum atomic E-state index is -0.0982. The summed E-state index contributed by atoms with van der Waals surface area (Å²) >= 11 is 2.92. The van der Waals surface area contributed by atoms with Crippen molar-refractivity contribution in [3.05, 3.63) is 6.33 Å². The molecule has 4 nitrogen and oxygen atoms in total. The molecule has 1 atom stereocenters. The fourth-order valence-corrected chi connectivity index (χ4v) is 2.22. The monoisotopic (exact) mass is 214 g/mol. The average molecular weight is 214 g/mol. The van der Waals surface area contributed by atoms with Crippen LogP contribution in [0.2, 0.25) is 0 Å². The van der Waals surface area contributed by atoms with E-state index in [1.165, 1.54) is 17.9 Å². The Balaban J connectivity index is 2.29. The van der Waals surface area contributed by atoms with Gasteiger partial charge in [-0.1, -0.05) is 18.7 Å². The minimum absolute atomic E-state index is 0.0982. The van der Waals surface area contributed by atoms with Gasteiger partial charge in [-0.05, 0) is 18.1 Å². The molecule has 0 radical (unpaired) electrons. The topological polar surface area (TPSA) is 61.6 Å². The van der Waals surface area contributed by atoms with Gasteiger partial charge in [0.1, 0.15) is 12.4 Å². The van der Waals surface area contributed by atoms with E-state index in [4.69, 9.17) is 5.26 Å². The predicted octanol–water partition coefficient (Wildman–Crippen LogP) is 1.13. The number of hydrogen-bond donors (Lipinski definition) is 1. The van der Waals surface area contributed by atoms with Gasteiger partial charge in [-0.2, -0.15) is 9.64 Å². The van der Waals surface area contributed by atoms with Crippen LogP contribution in [0.3, 0.4) is 0 Å². The molecule has 0 saturated heterocycles. The zero-order valence-corrected chi connectivity index (χ0v) is 8.86. The number of hydrogen-bond acceptors (Lipinski definition) is 6. The standard InChI is InChI=1S/C7H10N4S2/c1-2-9-6(3-8)4-12-7-10-5-11-13-7/h5-6,9H,2,4H2,1H3. The van der Waals surface area contributed by atoms with Gasteiger partial charge >= 0.3 is 0 Å². The molecule has 1 aromatic rings. The summed E-state index contributed by atoms with van der Waals surface area (Å²) in [5.74, 6) is 0.722. The average Bonchev–Trinajstić information content (AvgIpc) is 2.64. The molecule has 1 aromatic heterocycles. The van der Waals surface area contributed by atoms with Crippen molar-refractivity contribution in [1.29, 1.82) is 5.26 Å². The molecule has 1 N–H and O–H groups in total. The lowest BCUT2D eigenvalue weighted by Gasteiger charge is -2.06. The Bertz CT molecular complexity index is 267. The highest BCUT2D eigenvalue weighted by Crippen LogP contribution is 2.18.